The van der Waals surface area contributed by atoms with Gasteiger partial charge in [-0.2, -0.15) is 0 Å². The number of aliphatic carboxylic acids is 1. The summed E-state index contributed by atoms with van der Waals surface area (Å²) in [6.07, 6.45) is 1.05. The van der Waals surface area contributed by atoms with Crippen LogP contribution in [0.4, 0.5) is 0 Å². The molecule has 1 saturated heterocycles. The molecule has 1 aliphatic heterocycles. The van der Waals surface area contributed by atoms with E-state index in [1.54, 1.807) is 12.1 Å². The van der Waals surface area contributed by atoms with Crippen LogP contribution in [0.5, 0.6) is 5.75 Å². The average Bonchev–Trinajstić information content (AvgIpc) is 3.31. The third-order valence-electron chi connectivity index (χ3n) is 6.18. The lowest BCUT2D eigenvalue weighted by atomic mass is 10.0. The fourth-order valence-corrected chi connectivity index (χ4v) is 4.28. The van der Waals surface area contributed by atoms with Gasteiger partial charge < -0.3 is 37.2 Å². The van der Waals surface area contributed by atoms with Crippen molar-refractivity contribution in [3.63, 3.8) is 0 Å². The first kappa shape index (κ1) is 29.6. The number of likely N-dealkylation sites (tertiary alicyclic amines) is 1. The molecule has 8 N–H and O–H groups in total. The first-order chi connectivity index (χ1) is 17.4. The van der Waals surface area contributed by atoms with Crippen molar-refractivity contribution in [1.29, 1.82) is 0 Å². The van der Waals surface area contributed by atoms with E-state index in [9.17, 15) is 34.2 Å². The Balaban J connectivity index is 2.07. The van der Waals surface area contributed by atoms with Crippen LogP contribution in [0.25, 0.3) is 0 Å². The number of aromatic hydroxyl groups is 1. The standard InChI is InChI=1S/C25H37N5O7/c1-14(2)12-19(22(33)28-18(25(36)37)9-10-21(27)32)29-23(34)20-4-3-11-30(20)24(35)17(26)13-15-5-7-16(31)8-6-15/h5-8,14,17-20,31H,3-4,9-13,26H2,1-2H3,(H2,27,32)(H,28,33)(H,29,34)(H,36,37). The Morgan fingerprint density at radius 3 is 2.30 bits per heavy atom. The van der Waals surface area contributed by atoms with E-state index < -0.39 is 53.8 Å². The number of nitrogens with zero attached hydrogens (tertiary/aromatic N) is 1. The second kappa shape index (κ2) is 13.6. The van der Waals surface area contributed by atoms with E-state index in [1.807, 2.05) is 13.8 Å². The molecule has 1 aliphatic rings. The smallest absolute Gasteiger partial charge is 0.326 e. The van der Waals surface area contributed by atoms with E-state index in [-0.39, 0.29) is 37.4 Å². The van der Waals surface area contributed by atoms with Crippen LogP contribution in [0, 0.1) is 5.92 Å². The highest BCUT2D eigenvalue weighted by Crippen LogP contribution is 2.20. The fourth-order valence-electron chi connectivity index (χ4n) is 4.28. The Morgan fingerprint density at radius 2 is 1.73 bits per heavy atom. The normalized spacial score (nSPS) is 17.6. The van der Waals surface area contributed by atoms with Crippen LogP contribution in [0.15, 0.2) is 24.3 Å². The summed E-state index contributed by atoms with van der Waals surface area (Å²) in [5, 5.41) is 23.9. The summed E-state index contributed by atoms with van der Waals surface area (Å²) >= 11 is 0. The van der Waals surface area contributed by atoms with Gasteiger partial charge in [-0.1, -0.05) is 26.0 Å². The molecule has 0 bridgehead atoms. The summed E-state index contributed by atoms with van der Waals surface area (Å²) in [7, 11) is 0. The number of rotatable bonds is 13. The maximum absolute atomic E-state index is 13.2. The van der Waals surface area contributed by atoms with Gasteiger partial charge in [0.25, 0.3) is 0 Å². The Bertz CT molecular complexity index is 982. The van der Waals surface area contributed by atoms with Crippen LogP contribution < -0.4 is 22.1 Å². The number of hydrogen-bond donors (Lipinski definition) is 6. The van der Waals surface area contributed by atoms with Gasteiger partial charge in [0.05, 0.1) is 6.04 Å². The maximum atomic E-state index is 13.2. The predicted molar refractivity (Wildman–Crippen MR) is 134 cm³/mol. The number of phenolic OH excluding ortho intramolecular Hbond substituents is 1. The first-order valence-corrected chi connectivity index (χ1v) is 12.3. The van der Waals surface area contributed by atoms with Crippen molar-refractivity contribution >= 4 is 29.6 Å². The molecule has 0 aliphatic carbocycles. The van der Waals surface area contributed by atoms with Crippen molar-refractivity contribution in [2.75, 3.05) is 6.54 Å². The molecule has 4 unspecified atom stereocenters. The van der Waals surface area contributed by atoms with Crippen LogP contribution in [0.3, 0.4) is 0 Å². The van der Waals surface area contributed by atoms with Crippen LogP contribution in [0.1, 0.15) is 51.5 Å². The summed E-state index contributed by atoms with van der Waals surface area (Å²) in [6, 6.07) is 2.25. The molecular weight excluding hydrogens is 482 g/mol. The quantitative estimate of drug-likeness (QED) is 0.202. The van der Waals surface area contributed by atoms with Gasteiger partial charge in [0, 0.05) is 13.0 Å². The summed E-state index contributed by atoms with van der Waals surface area (Å²) in [5.74, 6) is -3.53. The SMILES string of the molecule is CC(C)CC(NC(=O)C1CCCN1C(=O)C(N)Cc1ccc(O)cc1)C(=O)NC(CCC(N)=O)C(=O)O. The Kier molecular flexibility index (Phi) is 10.9. The summed E-state index contributed by atoms with van der Waals surface area (Å²) < 4.78 is 0. The molecule has 0 radical (unpaired) electrons. The van der Waals surface area contributed by atoms with E-state index in [4.69, 9.17) is 11.5 Å². The van der Waals surface area contributed by atoms with E-state index >= 15 is 0 Å². The summed E-state index contributed by atoms with van der Waals surface area (Å²) in [6.45, 7) is 4.04. The molecule has 12 nitrogen and oxygen atoms in total. The predicted octanol–water partition coefficient (Wildman–Crippen LogP) is -0.381. The zero-order chi connectivity index (χ0) is 27.7. The zero-order valence-electron chi connectivity index (χ0n) is 21.2. The van der Waals surface area contributed by atoms with Crippen molar-refractivity contribution in [2.45, 2.75) is 76.5 Å². The highest BCUT2D eigenvalue weighted by Gasteiger charge is 2.38. The molecular formula is C25H37N5O7. The third kappa shape index (κ3) is 9.05. The van der Waals surface area contributed by atoms with Gasteiger partial charge >= 0.3 is 5.97 Å². The number of hydrogen-bond acceptors (Lipinski definition) is 7. The highest BCUT2D eigenvalue weighted by molar-refractivity contribution is 5.94. The third-order valence-corrected chi connectivity index (χ3v) is 6.18. The number of carboxylic acids is 1. The Morgan fingerprint density at radius 1 is 1.08 bits per heavy atom. The van der Waals surface area contributed by atoms with Crippen molar-refractivity contribution in [3.8, 4) is 5.75 Å². The first-order valence-electron chi connectivity index (χ1n) is 12.3. The number of carbonyl (C=O) groups excluding carboxylic acids is 4. The van der Waals surface area contributed by atoms with Crippen LogP contribution in [-0.4, -0.2) is 75.4 Å². The van der Waals surface area contributed by atoms with Crippen LogP contribution in [-0.2, 0) is 30.4 Å². The highest BCUT2D eigenvalue weighted by atomic mass is 16.4. The molecule has 1 aromatic carbocycles. The van der Waals surface area contributed by atoms with E-state index in [1.165, 1.54) is 17.0 Å². The monoisotopic (exact) mass is 519 g/mol. The lowest BCUT2D eigenvalue weighted by molar-refractivity contribution is -0.143. The number of nitrogens with one attached hydrogen (secondary N) is 2. The molecule has 0 aromatic heterocycles. The minimum absolute atomic E-state index is 0.00927. The minimum atomic E-state index is -1.34. The molecule has 1 fully saturated rings. The summed E-state index contributed by atoms with van der Waals surface area (Å²) in [5.41, 5.74) is 12.0. The van der Waals surface area contributed by atoms with E-state index in [2.05, 4.69) is 10.6 Å². The van der Waals surface area contributed by atoms with Crippen molar-refractivity contribution in [2.24, 2.45) is 17.4 Å². The van der Waals surface area contributed by atoms with Gasteiger partial charge in [-0.05, 0) is 55.7 Å². The molecule has 0 saturated carbocycles. The molecule has 2 rings (SSSR count). The van der Waals surface area contributed by atoms with Gasteiger partial charge in [-0.25, -0.2) is 4.79 Å². The zero-order valence-corrected chi connectivity index (χ0v) is 21.2. The van der Waals surface area contributed by atoms with Crippen LogP contribution >= 0.6 is 0 Å². The number of carboxylic acid groups (broad SMARTS) is 1. The number of nitrogens with two attached hydrogens (primary N) is 2. The summed E-state index contributed by atoms with van der Waals surface area (Å²) in [4.78, 5) is 63.1. The number of primary amides is 1. The lowest BCUT2D eigenvalue weighted by Gasteiger charge is -2.29. The molecule has 37 heavy (non-hydrogen) atoms. The molecule has 4 amide bonds. The van der Waals surface area contributed by atoms with Crippen molar-refractivity contribution in [1.82, 2.24) is 15.5 Å². The largest absolute Gasteiger partial charge is 0.508 e. The van der Waals surface area contributed by atoms with E-state index in [0.29, 0.717) is 19.4 Å². The number of phenols is 1. The van der Waals surface area contributed by atoms with Gasteiger partial charge in [-0.3, -0.25) is 19.2 Å². The minimum Gasteiger partial charge on any atom is -0.508 e. The second-order valence-corrected chi connectivity index (χ2v) is 9.76. The van der Waals surface area contributed by atoms with Gasteiger partial charge in [0.1, 0.15) is 23.9 Å². The Labute approximate surface area is 215 Å². The Hall–Kier alpha value is -3.67. The molecule has 12 heteroatoms. The topological polar surface area (TPSA) is 205 Å². The molecule has 0 spiro atoms. The number of carbonyl (C=O) groups is 5. The fraction of sp³-hybridized carbons (Fsp3) is 0.560. The lowest BCUT2D eigenvalue weighted by Crippen LogP contribution is -2.57. The number of benzene rings is 1. The van der Waals surface area contributed by atoms with Crippen molar-refractivity contribution < 1.29 is 34.2 Å². The van der Waals surface area contributed by atoms with E-state index in [0.717, 1.165) is 5.56 Å². The van der Waals surface area contributed by atoms with Gasteiger partial charge in [0.15, 0.2) is 0 Å². The molecule has 204 valence electrons. The maximum Gasteiger partial charge on any atom is 0.326 e. The molecule has 1 heterocycles. The molecule has 4 atom stereocenters. The number of amides is 4. The molecule has 1 aromatic rings. The van der Waals surface area contributed by atoms with Crippen molar-refractivity contribution in [3.05, 3.63) is 29.8 Å². The van der Waals surface area contributed by atoms with Gasteiger partial charge in [-0.15, -0.1) is 0 Å². The second-order valence-electron chi connectivity index (χ2n) is 9.76. The average molecular weight is 520 g/mol. The van der Waals surface area contributed by atoms with Crippen LogP contribution in [0.2, 0.25) is 0 Å². The van der Waals surface area contributed by atoms with Gasteiger partial charge in [0.2, 0.25) is 23.6 Å².